The van der Waals surface area contributed by atoms with Crippen LogP contribution in [0.3, 0.4) is 0 Å². The van der Waals surface area contributed by atoms with Gasteiger partial charge in [-0.25, -0.2) is 0 Å². The molecule has 0 aliphatic carbocycles. The summed E-state index contributed by atoms with van der Waals surface area (Å²) in [5.41, 5.74) is 4.74. The fourth-order valence-electron chi connectivity index (χ4n) is 2.27. The van der Waals surface area contributed by atoms with E-state index in [0.29, 0.717) is 5.02 Å². The van der Waals surface area contributed by atoms with Gasteiger partial charge in [-0.15, -0.1) is 11.6 Å². The summed E-state index contributed by atoms with van der Waals surface area (Å²) >= 11 is 12.6. The lowest BCUT2D eigenvalue weighted by molar-refractivity contribution is 0.409. The first-order chi connectivity index (χ1) is 9.51. The Bertz CT molecular complexity index is 608. The van der Waals surface area contributed by atoms with Gasteiger partial charge in [0.25, 0.3) is 0 Å². The van der Waals surface area contributed by atoms with Gasteiger partial charge in [0.05, 0.1) is 12.5 Å². The third kappa shape index (κ3) is 3.47. The molecule has 106 valence electrons. The van der Waals surface area contributed by atoms with Crippen LogP contribution >= 0.6 is 23.2 Å². The van der Waals surface area contributed by atoms with E-state index in [1.807, 2.05) is 12.1 Å². The number of hydrogen-bond acceptors (Lipinski definition) is 1. The highest BCUT2D eigenvalue weighted by Gasteiger charge is 2.15. The Morgan fingerprint density at radius 2 is 1.85 bits per heavy atom. The molecule has 0 amide bonds. The van der Waals surface area contributed by atoms with Crippen LogP contribution in [-0.4, -0.2) is 7.11 Å². The van der Waals surface area contributed by atoms with E-state index >= 15 is 0 Å². The molecule has 1 nitrogen and oxygen atoms in total. The van der Waals surface area contributed by atoms with Crippen LogP contribution in [0.2, 0.25) is 5.02 Å². The zero-order valence-electron chi connectivity index (χ0n) is 11.9. The molecule has 3 heteroatoms. The summed E-state index contributed by atoms with van der Waals surface area (Å²) in [4.78, 5) is 0. The van der Waals surface area contributed by atoms with Gasteiger partial charge in [0, 0.05) is 10.6 Å². The minimum absolute atomic E-state index is 0.136. The maximum absolute atomic E-state index is 6.58. The van der Waals surface area contributed by atoms with Crippen molar-refractivity contribution in [2.75, 3.05) is 7.11 Å². The molecule has 0 aromatic heterocycles. The van der Waals surface area contributed by atoms with Gasteiger partial charge in [0.1, 0.15) is 5.75 Å². The van der Waals surface area contributed by atoms with Gasteiger partial charge in [-0.1, -0.05) is 41.4 Å². The zero-order chi connectivity index (χ0) is 14.7. The maximum atomic E-state index is 6.58. The molecule has 20 heavy (non-hydrogen) atoms. The standard InChI is InChI=1S/C17H18Cl2O/c1-11-4-5-12(2)13(8-11)9-16(19)15-7-6-14(18)10-17(15)20-3/h4-8,10,16H,9H2,1-3H3. The quantitative estimate of drug-likeness (QED) is 0.679. The van der Waals surface area contributed by atoms with E-state index in [0.717, 1.165) is 17.7 Å². The summed E-state index contributed by atoms with van der Waals surface area (Å²) in [6.45, 7) is 4.20. The molecule has 0 radical (unpaired) electrons. The Labute approximate surface area is 130 Å². The number of alkyl halides is 1. The second-order valence-corrected chi connectivity index (χ2v) is 5.95. The van der Waals surface area contributed by atoms with Crippen molar-refractivity contribution in [3.05, 3.63) is 63.7 Å². The molecule has 2 aromatic rings. The van der Waals surface area contributed by atoms with Crippen molar-refractivity contribution in [1.82, 2.24) is 0 Å². The molecule has 0 spiro atoms. The van der Waals surface area contributed by atoms with Crippen LogP contribution in [0.15, 0.2) is 36.4 Å². The summed E-state index contributed by atoms with van der Waals surface area (Å²) in [6.07, 6.45) is 0.771. The van der Waals surface area contributed by atoms with Crippen molar-refractivity contribution in [1.29, 1.82) is 0 Å². The third-order valence-corrected chi connectivity index (χ3v) is 4.06. The van der Waals surface area contributed by atoms with Gasteiger partial charge in [-0.05, 0) is 43.5 Å². The van der Waals surface area contributed by atoms with Crippen LogP contribution in [0, 0.1) is 13.8 Å². The van der Waals surface area contributed by atoms with Gasteiger partial charge in [0.15, 0.2) is 0 Å². The first-order valence-electron chi connectivity index (χ1n) is 6.55. The van der Waals surface area contributed by atoms with E-state index < -0.39 is 0 Å². The molecule has 0 aliphatic rings. The summed E-state index contributed by atoms with van der Waals surface area (Å²) in [6, 6.07) is 12.0. The van der Waals surface area contributed by atoms with E-state index in [1.165, 1.54) is 16.7 Å². The fraction of sp³-hybridized carbons (Fsp3) is 0.294. The summed E-state index contributed by atoms with van der Waals surface area (Å²) in [7, 11) is 1.64. The highest BCUT2D eigenvalue weighted by atomic mass is 35.5. The van der Waals surface area contributed by atoms with Crippen LogP contribution in [0.5, 0.6) is 5.75 Å². The Morgan fingerprint density at radius 3 is 2.55 bits per heavy atom. The minimum Gasteiger partial charge on any atom is -0.496 e. The normalized spacial score (nSPS) is 12.2. The van der Waals surface area contributed by atoms with Gasteiger partial charge in [-0.3, -0.25) is 0 Å². The van der Waals surface area contributed by atoms with Crippen molar-refractivity contribution in [2.45, 2.75) is 25.6 Å². The predicted molar refractivity (Wildman–Crippen MR) is 86.2 cm³/mol. The fourth-order valence-corrected chi connectivity index (χ4v) is 2.78. The molecule has 0 heterocycles. The molecule has 0 saturated heterocycles. The van der Waals surface area contributed by atoms with Gasteiger partial charge < -0.3 is 4.74 Å². The largest absolute Gasteiger partial charge is 0.496 e. The lowest BCUT2D eigenvalue weighted by Gasteiger charge is -2.16. The Balaban J connectivity index is 2.28. The lowest BCUT2D eigenvalue weighted by atomic mass is 9.98. The van der Waals surface area contributed by atoms with Crippen LogP contribution < -0.4 is 4.74 Å². The monoisotopic (exact) mass is 308 g/mol. The smallest absolute Gasteiger partial charge is 0.125 e. The average molecular weight is 309 g/mol. The first-order valence-corrected chi connectivity index (χ1v) is 7.36. The van der Waals surface area contributed by atoms with Crippen molar-refractivity contribution < 1.29 is 4.74 Å². The van der Waals surface area contributed by atoms with Gasteiger partial charge in [0.2, 0.25) is 0 Å². The molecular weight excluding hydrogens is 291 g/mol. The zero-order valence-corrected chi connectivity index (χ0v) is 13.4. The topological polar surface area (TPSA) is 9.23 Å². The minimum atomic E-state index is -0.136. The Kier molecular flexibility index (Phi) is 4.95. The highest BCUT2D eigenvalue weighted by Crippen LogP contribution is 2.34. The summed E-state index contributed by atoms with van der Waals surface area (Å²) in [5, 5.41) is 0.518. The van der Waals surface area contributed by atoms with Gasteiger partial charge >= 0.3 is 0 Å². The van der Waals surface area contributed by atoms with E-state index in [9.17, 15) is 0 Å². The number of aryl methyl sites for hydroxylation is 2. The van der Waals surface area contributed by atoms with E-state index in [2.05, 4.69) is 32.0 Å². The summed E-state index contributed by atoms with van der Waals surface area (Å²) < 4.78 is 5.37. The van der Waals surface area contributed by atoms with Crippen LogP contribution in [0.1, 0.15) is 27.6 Å². The first kappa shape index (κ1) is 15.2. The third-order valence-electron chi connectivity index (χ3n) is 3.44. The van der Waals surface area contributed by atoms with Crippen molar-refractivity contribution >= 4 is 23.2 Å². The highest BCUT2D eigenvalue weighted by molar-refractivity contribution is 6.30. The predicted octanol–water partition coefficient (Wildman–Crippen LogP) is 5.49. The van der Waals surface area contributed by atoms with E-state index in [-0.39, 0.29) is 5.38 Å². The molecule has 0 bridgehead atoms. The second kappa shape index (κ2) is 6.51. The Hall–Kier alpha value is -1.18. The lowest BCUT2D eigenvalue weighted by Crippen LogP contribution is -2.01. The molecule has 0 N–H and O–H groups in total. The maximum Gasteiger partial charge on any atom is 0.125 e. The molecule has 0 aliphatic heterocycles. The number of rotatable bonds is 4. The number of hydrogen-bond donors (Lipinski definition) is 0. The number of methoxy groups -OCH3 is 1. The van der Waals surface area contributed by atoms with E-state index in [4.69, 9.17) is 27.9 Å². The molecule has 1 unspecified atom stereocenters. The summed E-state index contributed by atoms with van der Waals surface area (Å²) in [5.74, 6) is 0.739. The van der Waals surface area contributed by atoms with Crippen molar-refractivity contribution in [3.63, 3.8) is 0 Å². The average Bonchev–Trinajstić information content (AvgIpc) is 2.42. The molecule has 1 atom stereocenters. The molecular formula is C17H18Cl2O. The second-order valence-electron chi connectivity index (χ2n) is 4.99. The number of halogens is 2. The Morgan fingerprint density at radius 1 is 1.10 bits per heavy atom. The molecule has 0 fully saturated rings. The number of benzene rings is 2. The van der Waals surface area contributed by atoms with Crippen LogP contribution in [-0.2, 0) is 6.42 Å². The van der Waals surface area contributed by atoms with Crippen molar-refractivity contribution in [2.24, 2.45) is 0 Å². The van der Waals surface area contributed by atoms with Crippen LogP contribution in [0.4, 0.5) is 0 Å². The molecule has 2 aromatic carbocycles. The molecule has 0 saturated carbocycles. The van der Waals surface area contributed by atoms with Gasteiger partial charge in [-0.2, -0.15) is 0 Å². The van der Waals surface area contributed by atoms with Crippen molar-refractivity contribution in [3.8, 4) is 5.75 Å². The van der Waals surface area contributed by atoms with Crippen LogP contribution in [0.25, 0.3) is 0 Å². The number of ether oxygens (including phenoxy) is 1. The molecule has 2 rings (SSSR count). The SMILES string of the molecule is COc1cc(Cl)ccc1C(Cl)Cc1cc(C)ccc1C. The van der Waals surface area contributed by atoms with E-state index in [1.54, 1.807) is 13.2 Å².